The zero-order valence-electron chi connectivity index (χ0n) is 6.48. The summed E-state index contributed by atoms with van der Waals surface area (Å²) in [6, 6.07) is -6.09. The van der Waals surface area contributed by atoms with E-state index >= 15 is 0 Å². The van der Waals surface area contributed by atoms with Gasteiger partial charge in [-0.2, -0.15) is 44.8 Å². The van der Waals surface area contributed by atoms with Crippen LogP contribution < -0.4 is 11.1 Å². The second-order valence-corrected chi connectivity index (χ2v) is 2.41. The molecule has 0 heterocycles. The first kappa shape index (κ1) is 14.3. The average Bonchev–Trinajstić information content (AvgIpc) is 1.77. The molecule has 0 aromatic heterocycles. The summed E-state index contributed by atoms with van der Waals surface area (Å²) in [4.78, 5) is 0. The lowest BCUT2D eigenvalue weighted by Crippen LogP contribution is -2.68. The normalized spacial score (nSPS) is 18.8. The fraction of sp³-hybridized carbons (Fsp3) is 1.00. The van der Waals surface area contributed by atoms with Gasteiger partial charge in [-0.15, -0.1) is 0 Å². The van der Waals surface area contributed by atoms with Gasteiger partial charge in [-0.25, -0.2) is 0 Å². The highest BCUT2D eigenvalue weighted by Crippen LogP contribution is 2.37. The van der Waals surface area contributed by atoms with Crippen LogP contribution in [0, 0.1) is 0 Å². The molecule has 0 rings (SSSR count). The Balaban J connectivity index is 4.89. The maximum Gasteiger partial charge on any atom is 0.469 e. The van der Waals surface area contributed by atoms with E-state index in [1.165, 1.54) is 0 Å². The molecule has 0 spiro atoms. The highest BCUT2D eigenvalue weighted by molar-refractivity contribution is 4.85. The molecule has 15 heavy (non-hydrogen) atoms. The fourth-order valence-electron chi connectivity index (χ4n) is 0.370. The Kier molecular flexibility index (Phi) is 3.24. The van der Waals surface area contributed by atoms with Gasteiger partial charge >= 0.3 is 24.3 Å². The van der Waals surface area contributed by atoms with E-state index in [4.69, 9.17) is 0 Å². The second kappa shape index (κ2) is 3.40. The summed E-state index contributed by atoms with van der Waals surface area (Å²) in [5, 5.41) is -0.660. The lowest BCUT2D eigenvalue weighted by atomic mass is 10.4. The van der Waals surface area contributed by atoms with Gasteiger partial charge in [0.2, 0.25) is 0 Å². The molecule has 0 fully saturated rings. The van der Waals surface area contributed by atoms with Crippen LogP contribution in [0.4, 0.5) is 39.5 Å². The van der Waals surface area contributed by atoms with Crippen molar-refractivity contribution >= 4 is 0 Å². The summed E-state index contributed by atoms with van der Waals surface area (Å²) >= 11 is 0. The zero-order valence-corrected chi connectivity index (χ0v) is 6.48. The summed E-state index contributed by atoms with van der Waals surface area (Å²) in [7, 11) is 0. The number of alkyl halides is 9. The van der Waals surface area contributed by atoms with Crippen molar-refractivity contribution in [1.29, 1.82) is 0 Å². The molecule has 1 atom stereocenters. The minimum absolute atomic E-state index is 0.660. The van der Waals surface area contributed by atoms with E-state index in [1.807, 2.05) is 0 Å². The third-order valence-electron chi connectivity index (χ3n) is 1.11. The van der Waals surface area contributed by atoms with Crippen LogP contribution in [0.1, 0.15) is 0 Å². The minimum Gasteiger partial charge on any atom is -0.278 e. The molecule has 0 bridgehead atoms. The molecule has 0 saturated heterocycles. The lowest BCUT2D eigenvalue weighted by molar-refractivity contribution is -0.335. The Bertz CT molecular complexity index is 201. The van der Waals surface area contributed by atoms with Crippen molar-refractivity contribution < 1.29 is 39.5 Å². The van der Waals surface area contributed by atoms with Gasteiger partial charge in [0.15, 0.2) is 0 Å². The molecular weight excluding hydrogens is 247 g/mol. The number of nitrogens with two attached hydrogens (primary N) is 1. The fourth-order valence-corrected chi connectivity index (χ4v) is 0.370. The number of nitrogens with one attached hydrogen (secondary N) is 1. The van der Waals surface area contributed by atoms with Crippen molar-refractivity contribution in [2.75, 3.05) is 0 Å². The van der Waals surface area contributed by atoms with Crippen LogP contribution in [0.3, 0.4) is 0 Å². The van der Waals surface area contributed by atoms with Crippen LogP contribution in [0.5, 0.6) is 0 Å². The predicted molar refractivity (Wildman–Crippen MR) is 28.2 cm³/mol. The quantitative estimate of drug-likeness (QED) is 0.446. The summed E-state index contributed by atoms with van der Waals surface area (Å²) in [6.07, 6.45) is -12.5. The number of hydrogen-bond donors (Lipinski definition) is 2. The molecule has 3 N–H and O–H groups in total. The Hall–Kier alpha value is -0.710. The van der Waals surface area contributed by atoms with Gasteiger partial charge < -0.3 is 0 Å². The highest BCUT2D eigenvalue weighted by atomic mass is 19.4. The maximum atomic E-state index is 12.2. The highest BCUT2D eigenvalue weighted by Gasteiger charge is 2.66. The Morgan fingerprint density at radius 2 is 1.00 bits per heavy atom. The van der Waals surface area contributed by atoms with E-state index in [0.717, 1.165) is 0 Å². The third kappa shape index (κ3) is 3.12. The van der Waals surface area contributed by atoms with Crippen LogP contribution in [0.2, 0.25) is 0 Å². The molecule has 0 radical (unpaired) electrons. The van der Waals surface area contributed by atoms with Gasteiger partial charge in [0.1, 0.15) is 0 Å². The van der Waals surface area contributed by atoms with Gasteiger partial charge in [0.25, 0.3) is 0 Å². The van der Waals surface area contributed by atoms with Gasteiger partial charge in [-0.05, 0) is 0 Å². The topological polar surface area (TPSA) is 38.0 Å². The first-order chi connectivity index (χ1) is 6.21. The Morgan fingerprint density at radius 1 is 0.667 bits per heavy atom. The molecule has 0 aromatic carbocycles. The molecule has 11 heteroatoms. The van der Waals surface area contributed by atoms with Crippen molar-refractivity contribution in [3.63, 3.8) is 0 Å². The van der Waals surface area contributed by atoms with E-state index in [1.54, 1.807) is 0 Å². The van der Waals surface area contributed by atoms with Crippen LogP contribution in [-0.2, 0) is 0 Å². The second-order valence-electron chi connectivity index (χ2n) is 2.41. The Morgan fingerprint density at radius 3 is 1.20 bits per heavy atom. The minimum atomic E-state index is -6.39. The lowest BCUT2D eigenvalue weighted by Gasteiger charge is -2.30. The van der Waals surface area contributed by atoms with E-state index in [0.29, 0.717) is 0 Å². The van der Waals surface area contributed by atoms with E-state index in [2.05, 4.69) is 5.73 Å². The van der Waals surface area contributed by atoms with E-state index in [9.17, 15) is 39.5 Å². The number of halogens is 9. The standard InChI is InChI=1S/C4H3F9N2/c5-1(6,7)3(11,12)15-4(13,14)2(8,9)10/h15H,14H2. The number of hydrogen-bond acceptors (Lipinski definition) is 2. The van der Waals surface area contributed by atoms with Gasteiger partial charge in [0, 0.05) is 0 Å². The van der Waals surface area contributed by atoms with Gasteiger partial charge in [0.05, 0.1) is 0 Å². The van der Waals surface area contributed by atoms with Crippen molar-refractivity contribution in [1.82, 2.24) is 5.32 Å². The Labute approximate surface area is 76.2 Å². The maximum absolute atomic E-state index is 12.2. The summed E-state index contributed by atoms with van der Waals surface area (Å²) in [6.45, 7) is 0. The van der Waals surface area contributed by atoms with Crippen molar-refractivity contribution in [3.8, 4) is 0 Å². The molecule has 0 aliphatic heterocycles. The summed E-state index contributed by atoms with van der Waals surface area (Å²) in [5.41, 5.74) is 3.59. The van der Waals surface area contributed by atoms with E-state index in [-0.39, 0.29) is 0 Å². The van der Waals surface area contributed by atoms with Gasteiger partial charge in [-0.3, -0.25) is 5.73 Å². The summed E-state index contributed by atoms with van der Waals surface area (Å²) in [5.74, 6) is -5.34. The zero-order chi connectivity index (χ0) is 12.7. The predicted octanol–water partition coefficient (Wildman–Crippen LogP) is 1.88. The smallest absolute Gasteiger partial charge is 0.278 e. The van der Waals surface area contributed by atoms with E-state index < -0.39 is 29.6 Å². The molecule has 92 valence electrons. The molecule has 1 unspecified atom stereocenters. The van der Waals surface area contributed by atoms with Crippen molar-refractivity contribution in [3.05, 3.63) is 0 Å². The average molecular weight is 250 g/mol. The van der Waals surface area contributed by atoms with Crippen LogP contribution >= 0.6 is 0 Å². The molecule has 0 aromatic rings. The number of rotatable bonds is 2. The first-order valence-electron chi connectivity index (χ1n) is 2.99. The summed E-state index contributed by atoms with van der Waals surface area (Å²) < 4.78 is 105. The molecule has 2 nitrogen and oxygen atoms in total. The molecular formula is C4H3F9N2. The largest absolute Gasteiger partial charge is 0.469 e. The molecule has 0 saturated carbocycles. The SMILES string of the molecule is NC(F)(NC(F)(F)C(F)(F)F)C(F)(F)F. The first-order valence-corrected chi connectivity index (χ1v) is 2.99. The molecule has 0 aliphatic rings. The molecule has 0 amide bonds. The van der Waals surface area contributed by atoms with Gasteiger partial charge in [-0.1, -0.05) is 0 Å². The third-order valence-corrected chi connectivity index (χ3v) is 1.11. The van der Waals surface area contributed by atoms with Crippen LogP contribution in [-0.4, -0.2) is 24.3 Å². The van der Waals surface area contributed by atoms with Crippen molar-refractivity contribution in [2.45, 2.75) is 24.3 Å². The monoisotopic (exact) mass is 250 g/mol. The molecule has 0 aliphatic carbocycles. The van der Waals surface area contributed by atoms with Crippen LogP contribution in [0.25, 0.3) is 0 Å². The van der Waals surface area contributed by atoms with Crippen molar-refractivity contribution in [2.24, 2.45) is 5.73 Å². The van der Waals surface area contributed by atoms with Crippen LogP contribution in [0.15, 0.2) is 0 Å².